The van der Waals surface area contributed by atoms with Crippen LogP contribution in [-0.4, -0.2) is 27.7 Å². The number of rotatable bonds is 3. The molecule has 3 rings (SSSR count). The highest BCUT2D eigenvalue weighted by atomic mass is 16.5. The lowest BCUT2D eigenvalue weighted by atomic mass is 10.1. The molecule has 1 aromatic carbocycles. The molecule has 0 atom stereocenters. The van der Waals surface area contributed by atoms with Gasteiger partial charge in [-0.05, 0) is 24.6 Å². The van der Waals surface area contributed by atoms with Gasteiger partial charge in [-0.3, -0.25) is 4.40 Å². The van der Waals surface area contributed by atoms with Crippen molar-refractivity contribution in [2.75, 3.05) is 7.11 Å². The lowest BCUT2D eigenvalue weighted by molar-refractivity contribution is 0.0592. The molecule has 5 heteroatoms. The number of benzene rings is 1. The minimum Gasteiger partial charge on any atom is -0.464 e. The SMILES string of the molecule is COC(=O)c1cccc2nnc(Cc3ccc(C)cc3)n12. The first-order chi connectivity index (χ1) is 10.2. The quantitative estimate of drug-likeness (QED) is 0.692. The molecule has 0 amide bonds. The van der Waals surface area contributed by atoms with Gasteiger partial charge in [0.2, 0.25) is 0 Å². The number of methoxy groups -OCH3 is 1. The van der Waals surface area contributed by atoms with Crippen molar-refractivity contribution < 1.29 is 9.53 Å². The molecule has 0 N–H and O–H groups in total. The maximum absolute atomic E-state index is 11.9. The number of carbonyl (C=O) groups excluding carboxylic acids is 1. The highest BCUT2D eigenvalue weighted by Gasteiger charge is 2.15. The fourth-order valence-electron chi connectivity index (χ4n) is 2.27. The largest absolute Gasteiger partial charge is 0.464 e. The fourth-order valence-corrected chi connectivity index (χ4v) is 2.27. The summed E-state index contributed by atoms with van der Waals surface area (Å²) >= 11 is 0. The lowest BCUT2D eigenvalue weighted by Gasteiger charge is -2.06. The molecule has 3 aromatic rings. The normalized spacial score (nSPS) is 10.8. The number of nitrogens with zero attached hydrogens (tertiary/aromatic N) is 3. The second-order valence-corrected chi connectivity index (χ2v) is 4.87. The standard InChI is InChI=1S/C16H15N3O2/c1-11-6-8-12(9-7-11)10-15-18-17-14-5-3-4-13(19(14)15)16(20)21-2/h3-9H,10H2,1-2H3. The average Bonchev–Trinajstić information content (AvgIpc) is 2.92. The molecular formula is C16H15N3O2. The minimum atomic E-state index is -0.398. The maximum atomic E-state index is 11.9. The fraction of sp³-hybridized carbons (Fsp3) is 0.188. The number of hydrogen-bond donors (Lipinski definition) is 0. The van der Waals surface area contributed by atoms with E-state index >= 15 is 0 Å². The Morgan fingerprint density at radius 3 is 2.62 bits per heavy atom. The summed E-state index contributed by atoms with van der Waals surface area (Å²) in [6.07, 6.45) is 0.607. The summed E-state index contributed by atoms with van der Waals surface area (Å²) in [5, 5.41) is 8.31. The van der Waals surface area contributed by atoms with Crippen LogP contribution in [-0.2, 0) is 11.2 Å². The molecule has 0 bridgehead atoms. The average molecular weight is 281 g/mol. The van der Waals surface area contributed by atoms with Gasteiger partial charge in [0.05, 0.1) is 7.11 Å². The Hall–Kier alpha value is -2.69. The van der Waals surface area contributed by atoms with E-state index in [1.165, 1.54) is 12.7 Å². The van der Waals surface area contributed by atoms with Crippen molar-refractivity contribution in [3.05, 3.63) is 65.1 Å². The molecule has 0 aliphatic rings. The summed E-state index contributed by atoms with van der Waals surface area (Å²) in [5.74, 6) is 0.320. The van der Waals surface area contributed by atoms with Crippen molar-refractivity contribution in [3.63, 3.8) is 0 Å². The highest BCUT2D eigenvalue weighted by molar-refractivity contribution is 5.88. The molecule has 0 saturated heterocycles. The van der Waals surface area contributed by atoms with Crippen LogP contribution in [0.1, 0.15) is 27.4 Å². The molecule has 0 aliphatic carbocycles. The summed E-state index contributed by atoms with van der Waals surface area (Å²) in [7, 11) is 1.37. The van der Waals surface area contributed by atoms with Gasteiger partial charge < -0.3 is 4.74 Å². The summed E-state index contributed by atoms with van der Waals surface area (Å²) in [5.41, 5.74) is 3.40. The van der Waals surface area contributed by atoms with Gasteiger partial charge in [0, 0.05) is 6.42 Å². The number of pyridine rings is 1. The van der Waals surface area contributed by atoms with E-state index in [1.54, 1.807) is 16.5 Å². The Kier molecular flexibility index (Phi) is 3.39. The Labute approximate surface area is 122 Å². The molecule has 0 aliphatic heterocycles. The molecular weight excluding hydrogens is 266 g/mol. The number of esters is 1. The Balaban J connectivity index is 2.06. The van der Waals surface area contributed by atoms with Crippen molar-refractivity contribution in [2.45, 2.75) is 13.3 Å². The molecule has 0 radical (unpaired) electrons. The van der Waals surface area contributed by atoms with Crippen molar-refractivity contribution in [3.8, 4) is 0 Å². The van der Waals surface area contributed by atoms with Crippen molar-refractivity contribution >= 4 is 11.6 Å². The molecule has 0 spiro atoms. The first kappa shape index (κ1) is 13.3. The van der Waals surface area contributed by atoms with Crippen LogP contribution in [0.3, 0.4) is 0 Å². The molecule has 0 saturated carbocycles. The van der Waals surface area contributed by atoms with Gasteiger partial charge in [0.1, 0.15) is 11.5 Å². The highest BCUT2D eigenvalue weighted by Crippen LogP contribution is 2.14. The number of carbonyl (C=O) groups is 1. The molecule has 5 nitrogen and oxygen atoms in total. The van der Waals surface area contributed by atoms with E-state index in [0.717, 1.165) is 11.4 Å². The van der Waals surface area contributed by atoms with Gasteiger partial charge in [0.25, 0.3) is 0 Å². The van der Waals surface area contributed by atoms with Crippen LogP contribution in [0, 0.1) is 6.92 Å². The van der Waals surface area contributed by atoms with Crippen molar-refractivity contribution in [2.24, 2.45) is 0 Å². The van der Waals surface area contributed by atoms with Crippen molar-refractivity contribution in [1.29, 1.82) is 0 Å². The monoisotopic (exact) mass is 281 g/mol. The van der Waals surface area contributed by atoms with Crippen LogP contribution in [0.4, 0.5) is 0 Å². The van der Waals surface area contributed by atoms with Crippen LogP contribution >= 0.6 is 0 Å². The van der Waals surface area contributed by atoms with E-state index < -0.39 is 5.97 Å². The van der Waals surface area contributed by atoms with E-state index in [2.05, 4.69) is 34.5 Å². The summed E-state index contributed by atoms with van der Waals surface area (Å²) < 4.78 is 6.56. The van der Waals surface area contributed by atoms with Gasteiger partial charge >= 0.3 is 5.97 Å². The second kappa shape index (κ2) is 5.36. The zero-order chi connectivity index (χ0) is 14.8. The Morgan fingerprint density at radius 2 is 1.90 bits per heavy atom. The number of aryl methyl sites for hydroxylation is 1. The first-order valence-electron chi connectivity index (χ1n) is 6.66. The van der Waals surface area contributed by atoms with Gasteiger partial charge in [-0.2, -0.15) is 0 Å². The van der Waals surface area contributed by atoms with Gasteiger partial charge in [-0.1, -0.05) is 35.9 Å². The Bertz CT molecular complexity index is 791. The van der Waals surface area contributed by atoms with E-state index in [4.69, 9.17) is 4.74 Å². The summed E-state index contributed by atoms with van der Waals surface area (Å²) in [6.45, 7) is 2.05. The van der Waals surface area contributed by atoms with Crippen LogP contribution in [0.25, 0.3) is 5.65 Å². The second-order valence-electron chi connectivity index (χ2n) is 4.87. The molecule has 0 unspecified atom stereocenters. The minimum absolute atomic E-state index is 0.398. The zero-order valence-electron chi connectivity index (χ0n) is 11.9. The topological polar surface area (TPSA) is 56.5 Å². The number of hydrogen-bond acceptors (Lipinski definition) is 4. The molecule has 2 heterocycles. The third-order valence-corrected chi connectivity index (χ3v) is 3.37. The summed E-state index contributed by atoms with van der Waals surface area (Å²) in [4.78, 5) is 11.9. The molecule has 21 heavy (non-hydrogen) atoms. The number of fused-ring (bicyclic) bond motifs is 1. The third kappa shape index (κ3) is 2.50. The van der Waals surface area contributed by atoms with E-state index in [-0.39, 0.29) is 0 Å². The number of aromatic nitrogens is 3. The van der Waals surface area contributed by atoms with Crippen LogP contribution in [0.2, 0.25) is 0 Å². The van der Waals surface area contributed by atoms with Crippen LogP contribution in [0.5, 0.6) is 0 Å². The number of ether oxygens (including phenoxy) is 1. The molecule has 106 valence electrons. The Morgan fingerprint density at radius 1 is 1.14 bits per heavy atom. The summed E-state index contributed by atoms with van der Waals surface area (Å²) in [6, 6.07) is 13.5. The van der Waals surface area contributed by atoms with E-state index in [9.17, 15) is 4.79 Å². The molecule has 2 aromatic heterocycles. The van der Waals surface area contributed by atoms with Crippen molar-refractivity contribution in [1.82, 2.24) is 14.6 Å². The maximum Gasteiger partial charge on any atom is 0.355 e. The van der Waals surface area contributed by atoms with Crippen LogP contribution in [0.15, 0.2) is 42.5 Å². The van der Waals surface area contributed by atoms with Crippen LogP contribution < -0.4 is 0 Å². The predicted molar refractivity (Wildman–Crippen MR) is 78.3 cm³/mol. The third-order valence-electron chi connectivity index (χ3n) is 3.37. The van der Waals surface area contributed by atoms with Gasteiger partial charge in [-0.15, -0.1) is 10.2 Å². The van der Waals surface area contributed by atoms with Gasteiger partial charge in [0.15, 0.2) is 5.65 Å². The first-order valence-corrected chi connectivity index (χ1v) is 6.66. The van der Waals surface area contributed by atoms with E-state index in [0.29, 0.717) is 17.8 Å². The van der Waals surface area contributed by atoms with Gasteiger partial charge in [-0.25, -0.2) is 4.79 Å². The predicted octanol–water partition coefficient (Wildman–Crippen LogP) is 2.42. The van der Waals surface area contributed by atoms with E-state index in [1.807, 2.05) is 13.0 Å². The lowest BCUT2D eigenvalue weighted by Crippen LogP contribution is -2.10. The smallest absolute Gasteiger partial charge is 0.355 e. The molecule has 0 fully saturated rings. The zero-order valence-corrected chi connectivity index (χ0v) is 11.9.